The van der Waals surface area contributed by atoms with Gasteiger partial charge in [-0.05, 0) is 48.9 Å². The zero-order valence-corrected chi connectivity index (χ0v) is 16.9. The molecule has 6 nitrogen and oxygen atoms in total. The van der Waals surface area contributed by atoms with Crippen molar-refractivity contribution in [3.05, 3.63) is 53.1 Å². The van der Waals surface area contributed by atoms with Crippen LogP contribution in [-0.4, -0.2) is 52.2 Å². The lowest BCUT2D eigenvalue weighted by Gasteiger charge is -2.15. The van der Waals surface area contributed by atoms with Crippen molar-refractivity contribution in [3.8, 4) is 11.5 Å². The molecule has 2 aromatic carbocycles. The Morgan fingerprint density at radius 3 is 2.52 bits per heavy atom. The van der Waals surface area contributed by atoms with Crippen molar-refractivity contribution < 1.29 is 23.0 Å². The quantitative estimate of drug-likeness (QED) is 0.582. The van der Waals surface area contributed by atoms with Crippen molar-refractivity contribution in [2.24, 2.45) is 0 Å². The molecule has 0 amide bonds. The van der Waals surface area contributed by atoms with Crippen molar-refractivity contribution >= 4 is 21.4 Å². The Balaban J connectivity index is 1.73. The lowest BCUT2D eigenvalue weighted by molar-refractivity contribution is 0.104. The number of aliphatic hydroxyl groups excluding tert-OH is 1. The van der Waals surface area contributed by atoms with Crippen LogP contribution in [0.4, 0.5) is 0 Å². The van der Waals surface area contributed by atoms with Crippen LogP contribution >= 0.6 is 11.6 Å². The van der Waals surface area contributed by atoms with E-state index in [9.17, 15) is 13.5 Å². The van der Waals surface area contributed by atoms with Crippen molar-refractivity contribution in [2.45, 2.75) is 17.9 Å². The Hall–Kier alpha value is -1.80. The zero-order valence-electron chi connectivity index (χ0n) is 15.3. The number of rotatable bonds is 10. The maximum Gasteiger partial charge on any atom is 0.179 e. The van der Waals surface area contributed by atoms with Crippen LogP contribution in [0.3, 0.4) is 0 Å². The summed E-state index contributed by atoms with van der Waals surface area (Å²) >= 11 is 5.81. The fourth-order valence-electron chi connectivity index (χ4n) is 2.32. The predicted octanol–water partition coefficient (Wildman–Crippen LogP) is 2.46. The Kier molecular flexibility index (Phi) is 7.91. The summed E-state index contributed by atoms with van der Waals surface area (Å²) in [5.74, 6) is 0.973. The monoisotopic (exact) mass is 413 g/mol. The second-order valence-electron chi connectivity index (χ2n) is 6.19. The number of aryl methyl sites for hydroxylation is 1. The van der Waals surface area contributed by atoms with Gasteiger partial charge in [-0.2, -0.15) is 0 Å². The van der Waals surface area contributed by atoms with Gasteiger partial charge in [-0.25, -0.2) is 8.42 Å². The van der Waals surface area contributed by atoms with E-state index in [1.807, 2.05) is 6.92 Å². The van der Waals surface area contributed by atoms with E-state index in [0.717, 1.165) is 17.6 Å². The summed E-state index contributed by atoms with van der Waals surface area (Å²) in [4.78, 5) is 0.115. The minimum absolute atomic E-state index is 0.0169. The molecule has 0 heterocycles. The average Bonchev–Trinajstić information content (AvgIpc) is 2.60. The largest absolute Gasteiger partial charge is 0.492 e. The molecular weight excluding hydrogens is 390 g/mol. The Labute approximate surface area is 165 Å². The SMILES string of the molecule is Cc1ccc(S(C)(=O)=O)c(OCC(O)CNCCOc2ccc(Cl)cc2)c1. The van der Waals surface area contributed by atoms with Crippen LogP contribution in [0, 0.1) is 6.92 Å². The van der Waals surface area contributed by atoms with Gasteiger partial charge in [-0.3, -0.25) is 0 Å². The third kappa shape index (κ3) is 7.38. The molecule has 27 heavy (non-hydrogen) atoms. The molecule has 0 fully saturated rings. The van der Waals surface area contributed by atoms with E-state index in [1.165, 1.54) is 6.07 Å². The van der Waals surface area contributed by atoms with E-state index in [4.69, 9.17) is 21.1 Å². The first-order valence-corrected chi connectivity index (χ1v) is 10.7. The van der Waals surface area contributed by atoms with Crippen LogP contribution in [0.1, 0.15) is 5.56 Å². The molecule has 0 radical (unpaired) electrons. The van der Waals surface area contributed by atoms with E-state index in [0.29, 0.717) is 24.7 Å². The molecule has 1 unspecified atom stereocenters. The van der Waals surface area contributed by atoms with Gasteiger partial charge in [-0.15, -0.1) is 0 Å². The van der Waals surface area contributed by atoms with E-state index in [-0.39, 0.29) is 17.3 Å². The third-order valence-electron chi connectivity index (χ3n) is 3.67. The summed E-state index contributed by atoms with van der Waals surface area (Å²) in [5.41, 5.74) is 0.879. The lowest BCUT2D eigenvalue weighted by Crippen LogP contribution is -2.33. The van der Waals surface area contributed by atoms with Gasteiger partial charge in [0.05, 0.1) is 0 Å². The number of benzene rings is 2. The second-order valence-corrected chi connectivity index (χ2v) is 8.61. The number of nitrogens with one attached hydrogen (secondary N) is 1. The van der Waals surface area contributed by atoms with E-state index in [2.05, 4.69) is 5.32 Å². The molecule has 0 bridgehead atoms. The molecule has 0 spiro atoms. The number of ether oxygens (including phenoxy) is 2. The van der Waals surface area contributed by atoms with Crippen molar-refractivity contribution in [1.29, 1.82) is 0 Å². The molecular formula is C19H24ClNO5S. The fraction of sp³-hybridized carbons (Fsp3) is 0.368. The Morgan fingerprint density at radius 2 is 1.85 bits per heavy atom. The molecule has 148 valence electrons. The summed E-state index contributed by atoms with van der Waals surface area (Å²) < 4.78 is 34.7. The van der Waals surface area contributed by atoms with E-state index < -0.39 is 15.9 Å². The lowest BCUT2D eigenvalue weighted by atomic mass is 10.2. The third-order valence-corrected chi connectivity index (χ3v) is 5.06. The van der Waals surface area contributed by atoms with Crippen LogP contribution in [0.2, 0.25) is 5.02 Å². The number of halogens is 1. The average molecular weight is 414 g/mol. The minimum atomic E-state index is -3.40. The summed E-state index contributed by atoms with van der Waals surface area (Å²) in [7, 11) is -3.40. The summed E-state index contributed by atoms with van der Waals surface area (Å²) in [6.07, 6.45) is 0.344. The number of aliphatic hydroxyl groups is 1. The minimum Gasteiger partial charge on any atom is -0.492 e. The molecule has 0 saturated heterocycles. The van der Waals surface area contributed by atoms with E-state index in [1.54, 1.807) is 36.4 Å². The molecule has 1 atom stereocenters. The topological polar surface area (TPSA) is 84.9 Å². The first-order chi connectivity index (χ1) is 12.8. The summed E-state index contributed by atoms with van der Waals surface area (Å²) in [6.45, 7) is 3.10. The van der Waals surface area contributed by atoms with Gasteiger partial charge < -0.3 is 19.9 Å². The fourth-order valence-corrected chi connectivity index (χ4v) is 3.24. The number of hydrogen-bond acceptors (Lipinski definition) is 6. The molecule has 2 aromatic rings. The highest BCUT2D eigenvalue weighted by Gasteiger charge is 2.15. The predicted molar refractivity (Wildman–Crippen MR) is 106 cm³/mol. The maximum absolute atomic E-state index is 11.8. The summed E-state index contributed by atoms with van der Waals surface area (Å²) in [6, 6.07) is 11.9. The van der Waals surface area contributed by atoms with Crippen LogP contribution in [-0.2, 0) is 9.84 Å². The van der Waals surface area contributed by atoms with Gasteiger partial charge >= 0.3 is 0 Å². The molecule has 0 aliphatic heterocycles. The number of hydrogen-bond donors (Lipinski definition) is 2. The first-order valence-electron chi connectivity index (χ1n) is 8.46. The van der Waals surface area contributed by atoms with Gasteiger partial charge in [-0.1, -0.05) is 17.7 Å². The molecule has 0 aliphatic rings. The van der Waals surface area contributed by atoms with E-state index >= 15 is 0 Å². The Morgan fingerprint density at radius 1 is 1.15 bits per heavy atom. The van der Waals surface area contributed by atoms with Gasteiger partial charge in [0.25, 0.3) is 0 Å². The number of sulfone groups is 1. The van der Waals surface area contributed by atoms with Gasteiger partial charge in [0.2, 0.25) is 0 Å². The maximum atomic E-state index is 11.8. The first kappa shape index (κ1) is 21.5. The van der Waals surface area contributed by atoms with Crippen LogP contribution in [0.15, 0.2) is 47.4 Å². The smallest absolute Gasteiger partial charge is 0.179 e. The van der Waals surface area contributed by atoms with Crippen molar-refractivity contribution in [3.63, 3.8) is 0 Å². The highest BCUT2D eigenvalue weighted by atomic mass is 35.5. The Bertz CT molecular complexity index is 840. The van der Waals surface area contributed by atoms with Gasteiger partial charge in [0.15, 0.2) is 9.84 Å². The molecule has 0 saturated carbocycles. The molecule has 8 heteroatoms. The van der Waals surface area contributed by atoms with Crippen LogP contribution in [0.5, 0.6) is 11.5 Å². The van der Waals surface area contributed by atoms with Crippen molar-refractivity contribution in [1.82, 2.24) is 5.32 Å². The standard InChI is InChI=1S/C19H24ClNO5S/c1-14-3-8-19(27(2,23)24)18(11-14)26-13-16(22)12-21-9-10-25-17-6-4-15(20)5-7-17/h3-8,11,16,21-22H,9-10,12-13H2,1-2H3. The highest BCUT2D eigenvalue weighted by Crippen LogP contribution is 2.25. The molecule has 0 aliphatic carbocycles. The summed E-state index contributed by atoms with van der Waals surface area (Å²) in [5, 5.41) is 13.7. The normalized spacial score (nSPS) is 12.6. The van der Waals surface area contributed by atoms with Gasteiger partial charge in [0.1, 0.15) is 35.7 Å². The zero-order chi connectivity index (χ0) is 19.9. The van der Waals surface area contributed by atoms with Crippen LogP contribution in [0.25, 0.3) is 0 Å². The molecule has 2 rings (SSSR count). The second kappa shape index (κ2) is 9.94. The van der Waals surface area contributed by atoms with Crippen LogP contribution < -0.4 is 14.8 Å². The molecule has 2 N–H and O–H groups in total. The van der Waals surface area contributed by atoms with Gasteiger partial charge in [0, 0.05) is 24.4 Å². The van der Waals surface area contributed by atoms with Crippen molar-refractivity contribution in [2.75, 3.05) is 32.6 Å². The molecule has 0 aromatic heterocycles. The highest BCUT2D eigenvalue weighted by molar-refractivity contribution is 7.90.